The van der Waals surface area contributed by atoms with Crippen LogP contribution in [0.4, 0.5) is 0 Å². The first-order chi connectivity index (χ1) is 12.5. The minimum absolute atomic E-state index is 0.0138. The van der Waals surface area contributed by atoms with Crippen LogP contribution in [0.1, 0.15) is 29.5 Å². The van der Waals surface area contributed by atoms with Crippen molar-refractivity contribution in [2.24, 2.45) is 0 Å². The van der Waals surface area contributed by atoms with E-state index in [-0.39, 0.29) is 6.04 Å². The Bertz CT molecular complexity index is 1050. The van der Waals surface area contributed by atoms with Gasteiger partial charge in [0.25, 0.3) is 0 Å². The zero-order valence-electron chi connectivity index (χ0n) is 15.2. The van der Waals surface area contributed by atoms with Crippen LogP contribution < -0.4 is 0 Å². The second kappa shape index (κ2) is 6.56. The summed E-state index contributed by atoms with van der Waals surface area (Å²) in [6, 6.07) is 13.8. The van der Waals surface area contributed by atoms with E-state index in [0.717, 1.165) is 35.9 Å². The predicted molar refractivity (Wildman–Crippen MR) is 105 cm³/mol. The average molecular weight is 369 g/mol. The summed E-state index contributed by atoms with van der Waals surface area (Å²) in [5, 5.41) is 1.18. The summed E-state index contributed by atoms with van der Waals surface area (Å²) in [4.78, 5) is 3.73. The molecule has 4 rings (SSSR count). The van der Waals surface area contributed by atoms with Crippen molar-refractivity contribution in [2.75, 3.05) is 6.54 Å². The molecule has 26 heavy (non-hydrogen) atoms. The van der Waals surface area contributed by atoms with Crippen LogP contribution in [0.2, 0.25) is 0 Å². The fourth-order valence-electron chi connectivity index (χ4n) is 4.10. The van der Waals surface area contributed by atoms with Gasteiger partial charge in [-0.05, 0) is 56.4 Å². The Morgan fingerprint density at radius 3 is 2.77 bits per heavy atom. The number of aryl methyl sites for hydroxylation is 2. The summed E-state index contributed by atoms with van der Waals surface area (Å²) in [6.07, 6.45) is 4.58. The van der Waals surface area contributed by atoms with Gasteiger partial charge in [0.15, 0.2) is 0 Å². The minimum atomic E-state index is -3.47. The van der Waals surface area contributed by atoms with Gasteiger partial charge in [-0.15, -0.1) is 0 Å². The molecule has 1 fully saturated rings. The Labute approximate surface area is 154 Å². The number of fused-ring (bicyclic) bond motifs is 1. The van der Waals surface area contributed by atoms with Crippen molar-refractivity contribution >= 4 is 20.9 Å². The van der Waals surface area contributed by atoms with Crippen LogP contribution in [-0.2, 0) is 16.4 Å². The molecule has 1 atom stereocenters. The molecule has 0 aliphatic carbocycles. The Morgan fingerprint density at radius 1 is 1.15 bits per heavy atom. The predicted octanol–water partition coefficient (Wildman–Crippen LogP) is 4.18. The summed E-state index contributed by atoms with van der Waals surface area (Å²) in [6.45, 7) is 4.46. The Kier molecular flexibility index (Phi) is 4.37. The number of hydrogen-bond acceptors (Lipinski definition) is 2. The van der Waals surface area contributed by atoms with E-state index in [1.165, 1.54) is 10.9 Å². The molecule has 1 aliphatic heterocycles. The van der Waals surface area contributed by atoms with Gasteiger partial charge < -0.3 is 4.98 Å². The van der Waals surface area contributed by atoms with Crippen LogP contribution in [-0.4, -0.2) is 30.3 Å². The van der Waals surface area contributed by atoms with E-state index < -0.39 is 10.0 Å². The van der Waals surface area contributed by atoms with Crippen LogP contribution in [0.15, 0.2) is 53.6 Å². The number of nitrogens with zero attached hydrogens (tertiary/aromatic N) is 1. The maximum absolute atomic E-state index is 13.3. The normalized spacial score (nSPS) is 18.6. The van der Waals surface area contributed by atoms with Crippen molar-refractivity contribution in [3.63, 3.8) is 0 Å². The highest BCUT2D eigenvalue weighted by molar-refractivity contribution is 7.89. The topological polar surface area (TPSA) is 53.2 Å². The van der Waals surface area contributed by atoms with Gasteiger partial charge in [0.2, 0.25) is 10.0 Å². The van der Waals surface area contributed by atoms with E-state index in [2.05, 4.69) is 17.1 Å². The molecule has 136 valence electrons. The molecule has 0 saturated carbocycles. The van der Waals surface area contributed by atoms with Crippen LogP contribution in [0.3, 0.4) is 0 Å². The molecule has 2 heterocycles. The quantitative estimate of drug-likeness (QED) is 0.751. The van der Waals surface area contributed by atoms with Crippen molar-refractivity contribution in [1.82, 2.24) is 9.29 Å². The molecule has 0 amide bonds. The van der Waals surface area contributed by atoms with Crippen molar-refractivity contribution in [3.8, 4) is 0 Å². The van der Waals surface area contributed by atoms with Gasteiger partial charge in [-0.1, -0.05) is 35.9 Å². The summed E-state index contributed by atoms with van der Waals surface area (Å²) in [7, 11) is -3.47. The molecule has 1 N–H and O–H groups in total. The third-order valence-corrected chi connectivity index (χ3v) is 7.48. The molecule has 0 spiro atoms. The lowest BCUT2D eigenvalue weighted by Gasteiger charge is -2.25. The maximum Gasteiger partial charge on any atom is 0.243 e. The van der Waals surface area contributed by atoms with Gasteiger partial charge in [0, 0.05) is 29.7 Å². The highest BCUT2D eigenvalue weighted by Crippen LogP contribution is 2.31. The van der Waals surface area contributed by atoms with E-state index in [0.29, 0.717) is 11.4 Å². The van der Waals surface area contributed by atoms with Crippen molar-refractivity contribution in [3.05, 3.63) is 65.4 Å². The van der Waals surface area contributed by atoms with Crippen LogP contribution in [0.5, 0.6) is 0 Å². The lowest BCUT2D eigenvalue weighted by atomic mass is 10.0. The van der Waals surface area contributed by atoms with E-state index >= 15 is 0 Å². The largest absolute Gasteiger partial charge is 0.361 e. The fourth-order valence-corrected chi connectivity index (χ4v) is 6.00. The molecular formula is C21H24N2O2S. The van der Waals surface area contributed by atoms with Gasteiger partial charge in [-0.2, -0.15) is 4.31 Å². The second-order valence-corrected chi connectivity index (χ2v) is 9.10. The molecule has 0 radical (unpaired) electrons. The first-order valence-corrected chi connectivity index (χ1v) is 10.5. The molecule has 1 saturated heterocycles. The van der Waals surface area contributed by atoms with Crippen LogP contribution in [0.25, 0.3) is 10.9 Å². The molecule has 3 aromatic rings. The van der Waals surface area contributed by atoms with Crippen molar-refractivity contribution in [1.29, 1.82) is 0 Å². The highest BCUT2D eigenvalue weighted by atomic mass is 32.2. The SMILES string of the molecule is Cc1ccc(S(=O)(=O)N2CCCC2Cc2c[nH]c3ccccc23)c(C)c1. The lowest BCUT2D eigenvalue weighted by molar-refractivity contribution is 0.386. The number of hydrogen-bond donors (Lipinski definition) is 1. The zero-order valence-corrected chi connectivity index (χ0v) is 16.0. The van der Waals surface area contributed by atoms with Crippen LogP contribution >= 0.6 is 0 Å². The molecule has 2 aromatic carbocycles. The lowest BCUT2D eigenvalue weighted by Crippen LogP contribution is -2.37. The standard InChI is InChI=1S/C21H24N2O2S/c1-15-9-10-21(16(2)12-15)26(24,25)23-11-5-6-18(23)13-17-14-22-20-8-4-3-7-19(17)20/h3-4,7-10,12,14,18,22H,5-6,11,13H2,1-2H3. The molecular weight excluding hydrogens is 344 g/mol. The minimum Gasteiger partial charge on any atom is -0.361 e. The average Bonchev–Trinajstić information content (AvgIpc) is 3.23. The maximum atomic E-state index is 13.3. The zero-order chi connectivity index (χ0) is 18.3. The van der Waals surface area contributed by atoms with Gasteiger partial charge in [0.1, 0.15) is 0 Å². The number of para-hydroxylation sites is 1. The number of H-pyrrole nitrogens is 1. The summed E-state index contributed by atoms with van der Waals surface area (Å²) >= 11 is 0. The summed E-state index contributed by atoms with van der Waals surface area (Å²) < 4.78 is 28.3. The molecule has 1 unspecified atom stereocenters. The molecule has 1 aliphatic rings. The first kappa shape index (κ1) is 17.3. The van der Waals surface area contributed by atoms with E-state index in [4.69, 9.17) is 0 Å². The van der Waals surface area contributed by atoms with Gasteiger partial charge in [-0.25, -0.2) is 8.42 Å². The van der Waals surface area contributed by atoms with E-state index in [1.807, 2.05) is 44.3 Å². The van der Waals surface area contributed by atoms with Gasteiger partial charge >= 0.3 is 0 Å². The third-order valence-electron chi connectivity index (χ3n) is 5.37. The Balaban J connectivity index is 1.66. The molecule has 4 nitrogen and oxygen atoms in total. The second-order valence-electron chi connectivity index (χ2n) is 7.24. The smallest absolute Gasteiger partial charge is 0.243 e. The Hall–Kier alpha value is -2.11. The number of aromatic nitrogens is 1. The highest BCUT2D eigenvalue weighted by Gasteiger charge is 2.36. The van der Waals surface area contributed by atoms with Gasteiger partial charge in [-0.3, -0.25) is 0 Å². The Morgan fingerprint density at radius 2 is 1.96 bits per heavy atom. The number of rotatable bonds is 4. The first-order valence-electron chi connectivity index (χ1n) is 9.11. The summed E-state index contributed by atoms with van der Waals surface area (Å²) in [5.41, 5.74) is 4.19. The van der Waals surface area contributed by atoms with Crippen molar-refractivity contribution in [2.45, 2.75) is 44.0 Å². The number of nitrogens with one attached hydrogen (secondary N) is 1. The van der Waals surface area contributed by atoms with E-state index in [9.17, 15) is 8.42 Å². The fraction of sp³-hybridized carbons (Fsp3) is 0.333. The van der Waals surface area contributed by atoms with Crippen molar-refractivity contribution < 1.29 is 8.42 Å². The van der Waals surface area contributed by atoms with Gasteiger partial charge in [0.05, 0.1) is 4.90 Å². The molecule has 5 heteroatoms. The monoisotopic (exact) mass is 368 g/mol. The molecule has 0 bridgehead atoms. The van der Waals surface area contributed by atoms with Crippen LogP contribution in [0, 0.1) is 13.8 Å². The number of sulfonamides is 1. The number of benzene rings is 2. The molecule has 1 aromatic heterocycles. The van der Waals surface area contributed by atoms with E-state index in [1.54, 1.807) is 10.4 Å². The summed E-state index contributed by atoms with van der Waals surface area (Å²) in [5.74, 6) is 0. The number of aromatic amines is 1. The third kappa shape index (κ3) is 2.95.